The lowest BCUT2D eigenvalue weighted by Gasteiger charge is -2.00. The van der Waals surface area contributed by atoms with Crippen molar-refractivity contribution in [3.05, 3.63) is 46.7 Å². The summed E-state index contributed by atoms with van der Waals surface area (Å²) in [6.45, 7) is 0. The molecule has 1 aromatic heterocycles. The minimum absolute atomic E-state index is 0.348. The Kier molecular flexibility index (Phi) is 2.84. The van der Waals surface area contributed by atoms with Gasteiger partial charge in [-0.25, -0.2) is 4.68 Å². The van der Waals surface area contributed by atoms with Crippen LogP contribution in [0.5, 0.6) is 0 Å². The van der Waals surface area contributed by atoms with Gasteiger partial charge in [-0.15, -0.1) is 0 Å². The fourth-order valence-electron chi connectivity index (χ4n) is 1.30. The summed E-state index contributed by atoms with van der Waals surface area (Å²) in [4.78, 5) is 0. The van der Waals surface area contributed by atoms with Crippen LogP contribution in [-0.4, -0.2) is 9.78 Å². The molecule has 0 atom stereocenters. The van der Waals surface area contributed by atoms with Crippen LogP contribution < -0.4 is 0 Å². The molecule has 0 aliphatic carbocycles. The normalized spacial score (nSPS) is 9.87. The minimum atomic E-state index is 0.348. The Bertz CT molecular complexity index is 511. The second kappa shape index (κ2) is 4.28. The fourth-order valence-corrected chi connectivity index (χ4v) is 1.69. The molecule has 74 valence electrons. The summed E-state index contributed by atoms with van der Waals surface area (Å²) in [5.41, 5.74) is 1.77. The molecule has 3 nitrogen and oxygen atoms in total. The molecule has 0 spiro atoms. The van der Waals surface area contributed by atoms with Gasteiger partial charge in [0, 0.05) is 10.7 Å². The first-order chi connectivity index (χ1) is 7.29. The second-order valence-electron chi connectivity index (χ2n) is 3.07. The van der Waals surface area contributed by atoms with E-state index in [4.69, 9.17) is 5.26 Å². The molecule has 2 rings (SSSR count). The Morgan fingerprint density at radius 3 is 3.00 bits per heavy atom. The molecule has 1 heterocycles. The quantitative estimate of drug-likeness (QED) is 0.834. The van der Waals surface area contributed by atoms with Crippen molar-refractivity contribution < 1.29 is 0 Å². The molecule has 0 bridgehead atoms. The molecule has 0 saturated heterocycles. The Morgan fingerprint density at radius 2 is 2.27 bits per heavy atom. The van der Waals surface area contributed by atoms with Crippen LogP contribution in [0.25, 0.3) is 5.69 Å². The van der Waals surface area contributed by atoms with Gasteiger partial charge in [0.15, 0.2) is 0 Å². The highest BCUT2D eigenvalue weighted by molar-refractivity contribution is 9.10. The van der Waals surface area contributed by atoms with E-state index in [0.29, 0.717) is 6.42 Å². The Balaban J connectivity index is 2.34. The highest BCUT2D eigenvalue weighted by Gasteiger charge is 2.00. The SMILES string of the molecule is N#CCc1ccn(-c2cccc(Br)c2)n1. The van der Waals surface area contributed by atoms with Crippen molar-refractivity contribution >= 4 is 15.9 Å². The number of aromatic nitrogens is 2. The van der Waals surface area contributed by atoms with Crippen molar-refractivity contribution in [2.24, 2.45) is 0 Å². The van der Waals surface area contributed by atoms with Crippen LogP contribution in [0.1, 0.15) is 5.69 Å². The van der Waals surface area contributed by atoms with Crippen LogP contribution in [0.2, 0.25) is 0 Å². The average Bonchev–Trinajstić information content (AvgIpc) is 2.67. The van der Waals surface area contributed by atoms with Crippen LogP contribution in [0.3, 0.4) is 0 Å². The van der Waals surface area contributed by atoms with Gasteiger partial charge in [-0.05, 0) is 24.3 Å². The maximum Gasteiger partial charge on any atom is 0.0793 e. The van der Waals surface area contributed by atoms with Gasteiger partial charge < -0.3 is 0 Å². The van der Waals surface area contributed by atoms with Crippen molar-refractivity contribution in [2.45, 2.75) is 6.42 Å². The third-order valence-electron chi connectivity index (χ3n) is 1.98. The van der Waals surface area contributed by atoms with E-state index in [0.717, 1.165) is 15.9 Å². The zero-order valence-corrected chi connectivity index (χ0v) is 9.48. The molecule has 15 heavy (non-hydrogen) atoms. The minimum Gasteiger partial charge on any atom is -0.241 e. The first-order valence-electron chi connectivity index (χ1n) is 4.47. The molecule has 0 amide bonds. The van der Waals surface area contributed by atoms with Crippen LogP contribution in [0.4, 0.5) is 0 Å². The van der Waals surface area contributed by atoms with Crippen LogP contribution in [0, 0.1) is 11.3 Å². The van der Waals surface area contributed by atoms with Gasteiger partial charge >= 0.3 is 0 Å². The van der Waals surface area contributed by atoms with Crippen LogP contribution in [-0.2, 0) is 6.42 Å². The predicted octanol–water partition coefficient (Wildman–Crippen LogP) is 2.70. The Hall–Kier alpha value is -1.60. The summed E-state index contributed by atoms with van der Waals surface area (Å²) in [6, 6.07) is 11.8. The lowest BCUT2D eigenvalue weighted by Crippen LogP contribution is -1.95. The monoisotopic (exact) mass is 261 g/mol. The second-order valence-corrected chi connectivity index (χ2v) is 3.98. The molecule has 0 radical (unpaired) electrons. The number of rotatable bonds is 2. The maximum atomic E-state index is 8.54. The molecule has 1 aromatic carbocycles. The fraction of sp³-hybridized carbons (Fsp3) is 0.0909. The number of hydrogen-bond donors (Lipinski definition) is 0. The molecule has 2 aromatic rings. The zero-order valence-electron chi connectivity index (χ0n) is 7.89. The highest BCUT2D eigenvalue weighted by atomic mass is 79.9. The molecular formula is C11H8BrN3. The van der Waals surface area contributed by atoms with Crippen molar-refractivity contribution in [1.82, 2.24) is 9.78 Å². The smallest absolute Gasteiger partial charge is 0.0793 e. The lowest BCUT2D eigenvalue weighted by molar-refractivity contribution is 0.852. The number of benzene rings is 1. The van der Waals surface area contributed by atoms with Crippen molar-refractivity contribution in [3.63, 3.8) is 0 Å². The highest BCUT2D eigenvalue weighted by Crippen LogP contribution is 2.14. The molecule has 0 fully saturated rings. The summed E-state index contributed by atoms with van der Waals surface area (Å²) in [6.07, 6.45) is 2.20. The van der Waals surface area contributed by atoms with Gasteiger partial charge in [-0.2, -0.15) is 10.4 Å². The topological polar surface area (TPSA) is 41.6 Å². The number of nitriles is 1. The summed E-state index contributed by atoms with van der Waals surface area (Å²) in [7, 11) is 0. The van der Waals surface area contributed by atoms with Crippen molar-refractivity contribution in [1.29, 1.82) is 5.26 Å². The third kappa shape index (κ3) is 2.25. The van der Waals surface area contributed by atoms with Crippen LogP contribution in [0.15, 0.2) is 41.0 Å². The van der Waals surface area contributed by atoms with Gasteiger partial charge in [0.25, 0.3) is 0 Å². The van der Waals surface area contributed by atoms with Gasteiger partial charge in [0.2, 0.25) is 0 Å². The summed E-state index contributed by atoms with van der Waals surface area (Å²) < 4.78 is 2.77. The van der Waals surface area contributed by atoms with E-state index in [1.54, 1.807) is 4.68 Å². The molecule has 0 aliphatic heterocycles. The molecular weight excluding hydrogens is 254 g/mol. The van der Waals surface area contributed by atoms with E-state index >= 15 is 0 Å². The van der Waals surface area contributed by atoms with E-state index in [9.17, 15) is 0 Å². The van der Waals surface area contributed by atoms with Crippen molar-refractivity contribution in [2.75, 3.05) is 0 Å². The van der Waals surface area contributed by atoms with Crippen molar-refractivity contribution in [3.8, 4) is 11.8 Å². The Labute approximate surface area is 96.1 Å². The first kappa shape index (κ1) is 9.94. The third-order valence-corrected chi connectivity index (χ3v) is 2.47. The molecule has 0 N–H and O–H groups in total. The van der Waals surface area contributed by atoms with Gasteiger partial charge in [-0.3, -0.25) is 0 Å². The predicted molar refractivity (Wildman–Crippen MR) is 60.6 cm³/mol. The maximum absolute atomic E-state index is 8.54. The average molecular weight is 262 g/mol. The molecule has 0 aliphatic rings. The largest absolute Gasteiger partial charge is 0.241 e. The summed E-state index contributed by atoms with van der Waals surface area (Å²) in [5, 5.41) is 12.8. The zero-order chi connectivity index (χ0) is 10.7. The van der Waals surface area contributed by atoms with E-state index in [-0.39, 0.29) is 0 Å². The standard InChI is InChI=1S/C11H8BrN3/c12-9-2-1-3-11(8-9)15-7-5-10(14-15)4-6-13/h1-3,5,7-8H,4H2. The van der Waals surface area contributed by atoms with E-state index in [2.05, 4.69) is 27.1 Å². The van der Waals surface area contributed by atoms with Crippen LogP contribution >= 0.6 is 15.9 Å². The number of hydrogen-bond acceptors (Lipinski definition) is 2. The van der Waals surface area contributed by atoms with Gasteiger partial charge in [0.1, 0.15) is 0 Å². The summed E-state index contributed by atoms with van der Waals surface area (Å²) in [5.74, 6) is 0. The molecule has 4 heteroatoms. The first-order valence-corrected chi connectivity index (χ1v) is 5.26. The molecule has 0 unspecified atom stereocenters. The molecule has 0 saturated carbocycles. The van der Waals surface area contributed by atoms with E-state index < -0.39 is 0 Å². The number of nitrogens with zero attached hydrogens (tertiary/aromatic N) is 3. The summed E-state index contributed by atoms with van der Waals surface area (Å²) >= 11 is 3.40. The van der Waals surface area contributed by atoms with E-state index in [1.165, 1.54) is 0 Å². The van der Waals surface area contributed by atoms with Gasteiger partial charge in [0.05, 0.1) is 23.9 Å². The Morgan fingerprint density at radius 1 is 1.40 bits per heavy atom. The lowest BCUT2D eigenvalue weighted by atomic mass is 10.3. The van der Waals surface area contributed by atoms with E-state index in [1.807, 2.05) is 36.5 Å². The number of halogens is 1. The van der Waals surface area contributed by atoms with Gasteiger partial charge in [-0.1, -0.05) is 22.0 Å².